The molecule has 5 heteroatoms. The van der Waals surface area contributed by atoms with E-state index in [1.165, 1.54) is 4.88 Å². The first-order valence-electron chi connectivity index (χ1n) is 6.46. The summed E-state index contributed by atoms with van der Waals surface area (Å²) in [5.41, 5.74) is 1.05. The third-order valence-electron chi connectivity index (χ3n) is 3.57. The van der Waals surface area contributed by atoms with Gasteiger partial charge in [0.05, 0.1) is 12.6 Å². The van der Waals surface area contributed by atoms with Gasteiger partial charge in [-0.3, -0.25) is 0 Å². The molecule has 100 valence electrons. The highest BCUT2D eigenvalue weighted by molar-refractivity contribution is 7.09. The van der Waals surface area contributed by atoms with E-state index in [2.05, 4.69) is 32.4 Å². The highest BCUT2D eigenvalue weighted by Crippen LogP contribution is 2.36. The zero-order chi connectivity index (χ0) is 13.2. The van der Waals surface area contributed by atoms with Crippen molar-refractivity contribution in [3.05, 3.63) is 40.5 Å². The fourth-order valence-electron chi connectivity index (χ4n) is 2.34. The number of aliphatic hydroxyl groups excluding tert-OH is 1. The van der Waals surface area contributed by atoms with Gasteiger partial charge in [-0.2, -0.15) is 0 Å². The Balaban J connectivity index is 1.71. The number of nitrogens with zero attached hydrogens (tertiary/aromatic N) is 3. The Morgan fingerprint density at radius 2 is 2.26 bits per heavy atom. The maximum Gasteiger partial charge on any atom is 0.132 e. The molecule has 4 nitrogen and oxygen atoms in total. The maximum absolute atomic E-state index is 9.38. The molecule has 0 radical (unpaired) electrons. The molecule has 0 unspecified atom stereocenters. The second-order valence-electron chi connectivity index (χ2n) is 5.06. The lowest BCUT2D eigenvalue weighted by Gasteiger charge is -2.31. The Hall–Kier alpha value is -1.46. The van der Waals surface area contributed by atoms with Crippen LogP contribution < -0.4 is 4.90 Å². The van der Waals surface area contributed by atoms with Crippen molar-refractivity contribution in [2.75, 3.05) is 11.9 Å². The van der Waals surface area contributed by atoms with Crippen LogP contribution in [0.3, 0.4) is 0 Å². The zero-order valence-corrected chi connectivity index (χ0v) is 11.7. The summed E-state index contributed by atoms with van der Waals surface area (Å²) in [6.07, 6.45) is 3.13. The first kappa shape index (κ1) is 12.6. The van der Waals surface area contributed by atoms with Crippen LogP contribution in [0.1, 0.15) is 29.3 Å². The molecule has 0 bridgehead atoms. The topological polar surface area (TPSA) is 49.2 Å². The van der Waals surface area contributed by atoms with Gasteiger partial charge in [0.15, 0.2) is 0 Å². The summed E-state index contributed by atoms with van der Waals surface area (Å²) < 4.78 is 0. The Bertz CT molecular complexity index is 537. The van der Waals surface area contributed by atoms with Crippen molar-refractivity contribution in [3.63, 3.8) is 0 Å². The largest absolute Gasteiger partial charge is 0.393 e. The van der Waals surface area contributed by atoms with Gasteiger partial charge in [0.1, 0.15) is 12.1 Å². The van der Waals surface area contributed by atoms with E-state index in [9.17, 15) is 5.11 Å². The van der Waals surface area contributed by atoms with Gasteiger partial charge in [0.2, 0.25) is 0 Å². The first-order chi connectivity index (χ1) is 9.22. The van der Waals surface area contributed by atoms with Crippen LogP contribution in [0, 0.1) is 0 Å². The molecule has 1 N–H and O–H groups in total. The maximum atomic E-state index is 9.38. The van der Waals surface area contributed by atoms with Gasteiger partial charge >= 0.3 is 0 Å². The van der Waals surface area contributed by atoms with Gasteiger partial charge in [0, 0.05) is 29.6 Å². The van der Waals surface area contributed by atoms with E-state index < -0.39 is 0 Å². The molecule has 1 aliphatic carbocycles. The van der Waals surface area contributed by atoms with Crippen LogP contribution in [-0.4, -0.2) is 28.2 Å². The number of aliphatic hydroxyl groups is 1. The van der Waals surface area contributed by atoms with Crippen molar-refractivity contribution in [2.24, 2.45) is 0 Å². The molecule has 1 aliphatic rings. The Labute approximate surface area is 116 Å². The Kier molecular flexibility index (Phi) is 3.48. The molecule has 2 heterocycles. The molecular formula is C14H17N3OS. The summed E-state index contributed by atoms with van der Waals surface area (Å²) in [7, 11) is 2.04. The summed E-state index contributed by atoms with van der Waals surface area (Å²) in [5, 5.41) is 11.5. The summed E-state index contributed by atoms with van der Waals surface area (Å²) in [5.74, 6) is 1.34. The van der Waals surface area contributed by atoms with E-state index in [1.54, 1.807) is 17.7 Å². The van der Waals surface area contributed by atoms with E-state index >= 15 is 0 Å². The number of anilines is 1. The molecule has 0 spiro atoms. The molecule has 2 aromatic rings. The summed E-state index contributed by atoms with van der Waals surface area (Å²) in [6.45, 7) is 0.863. The summed E-state index contributed by atoms with van der Waals surface area (Å²) in [6, 6.07) is 6.24. The van der Waals surface area contributed by atoms with E-state index in [4.69, 9.17) is 0 Å². The molecule has 0 saturated heterocycles. The molecule has 3 rings (SSSR count). The van der Waals surface area contributed by atoms with Crippen molar-refractivity contribution in [1.29, 1.82) is 0 Å². The molecule has 0 atom stereocenters. The van der Waals surface area contributed by atoms with E-state index in [0.29, 0.717) is 5.92 Å². The second kappa shape index (κ2) is 5.27. The predicted octanol–water partition coefficient (Wildman–Crippen LogP) is 2.41. The van der Waals surface area contributed by atoms with Crippen LogP contribution in [-0.2, 0) is 6.54 Å². The van der Waals surface area contributed by atoms with Gasteiger partial charge in [0.25, 0.3) is 0 Å². The molecular weight excluding hydrogens is 258 g/mol. The molecule has 1 saturated carbocycles. The zero-order valence-electron chi connectivity index (χ0n) is 10.9. The number of aromatic nitrogens is 2. The fourth-order valence-corrected chi connectivity index (χ4v) is 3.10. The lowest BCUT2D eigenvalue weighted by molar-refractivity contribution is 0.0732. The third-order valence-corrected chi connectivity index (χ3v) is 4.43. The molecule has 19 heavy (non-hydrogen) atoms. The van der Waals surface area contributed by atoms with Gasteiger partial charge in [-0.25, -0.2) is 9.97 Å². The van der Waals surface area contributed by atoms with Crippen molar-refractivity contribution >= 4 is 17.2 Å². The van der Waals surface area contributed by atoms with Crippen LogP contribution in [0.4, 0.5) is 5.82 Å². The van der Waals surface area contributed by atoms with E-state index in [-0.39, 0.29) is 6.10 Å². The Morgan fingerprint density at radius 3 is 2.95 bits per heavy atom. The molecule has 0 aliphatic heterocycles. The number of hydrogen-bond acceptors (Lipinski definition) is 5. The second-order valence-corrected chi connectivity index (χ2v) is 6.09. The lowest BCUT2D eigenvalue weighted by atomic mass is 9.80. The number of hydrogen-bond donors (Lipinski definition) is 1. The fraction of sp³-hybridized carbons (Fsp3) is 0.429. The van der Waals surface area contributed by atoms with Crippen LogP contribution in [0.2, 0.25) is 0 Å². The quantitative estimate of drug-likeness (QED) is 0.931. The monoisotopic (exact) mass is 275 g/mol. The summed E-state index contributed by atoms with van der Waals surface area (Å²) >= 11 is 1.75. The van der Waals surface area contributed by atoms with Crippen LogP contribution in [0.25, 0.3) is 0 Å². The van der Waals surface area contributed by atoms with Crippen molar-refractivity contribution in [3.8, 4) is 0 Å². The smallest absolute Gasteiger partial charge is 0.132 e. The third kappa shape index (κ3) is 2.77. The first-order valence-corrected chi connectivity index (χ1v) is 7.34. The highest BCUT2D eigenvalue weighted by Gasteiger charge is 2.29. The van der Waals surface area contributed by atoms with Gasteiger partial charge < -0.3 is 10.0 Å². The summed E-state index contributed by atoms with van der Waals surface area (Å²) in [4.78, 5) is 12.1. The standard InChI is InChI=1S/C14H17N3OS/c1-17(8-12-3-2-4-19-12)14-7-13(15-9-16-14)10-5-11(18)6-10/h2-4,7,9-11,18H,5-6,8H2,1H3. The van der Waals surface area contributed by atoms with Crippen molar-refractivity contribution in [2.45, 2.75) is 31.4 Å². The average molecular weight is 275 g/mol. The number of thiophene rings is 1. The van der Waals surface area contributed by atoms with Gasteiger partial charge in [-0.15, -0.1) is 11.3 Å². The minimum atomic E-state index is -0.146. The van der Waals surface area contributed by atoms with Gasteiger partial charge in [-0.1, -0.05) is 6.07 Å². The van der Waals surface area contributed by atoms with Crippen LogP contribution in [0.5, 0.6) is 0 Å². The van der Waals surface area contributed by atoms with Crippen LogP contribution in [0.15, 0.2) is 29.9 Å². The minimum Gasteiger partial charge on any atom is -0.393 e. The predicted molar refractivity (Wildman–Crippen MR) is 76.4 cm³/mol. The van der Waals surface area contributed by atoms with E-state index in [1.807, 2.05) is 13.1 Å². The van der Waals surface area contributed by atoms with Crippen molar-refractivity contribution < 1.29 is 5.11 Å². The molecule has 0 aromatic carbocycles. The van der Waals surface area contributed by atoms with E-state index in [0.717, 1.165) is 30.9 Å². The average Bonchev–Trinajstić information content (AvgIpc) is 2.88. The number of rotatable bonds is 4. The minimum absolute atomic E-state index is 0.146. The molecule has 0 amide bonds. The Morgan fingerprint density at radius 1 is 1.42 bits per heavy atom. The van der Waals surface area contributed by atoms with Crippen molar-refractivity contribution in [1.82, 2.24) is 9.97 Å². The molecule has 1 fully saturated rings. The SMILES string of the molecule is CN(Cc1cccs1)c1cc(C2CC(O)C2)ncn1. The normalized spacial score (nSPS) is 22.0. The molecule has 2 aromatic heterocycles. The lowest BCUT2D eigenvalue weighted by Crippen LogP contribution is -2.27. The van der Waals surface area contributed by atoms with Gasteiger partial charge in [-0.05, 0) is 24.3 Å². The van der Waals surface area contributed by atoms with Crippen LogP contribution >= 0.6 is 11.3 Å². The highest BCUT2D eigenvalue weighted by atomic mass is 32.1.